The summed E-state index contributed by atoms with van der Waals surface area (Å²) in [5.74, 6) is 0.265. The summed E-state index contributed by atoms with van der Waals surface area (Å²) in [5.41, 5.74) is -1.51. The predicted molar refractivity (Wildman–Crippen MR) is 97.9 cm³/mol. The molecule has 3 nitrogen and oxygen atoms in total. The topological polar surface area (TPSA) is 35.5 Å². The van der Waals surface area contributed by atoms with E-state index in [-0.39, 0.29) is 0 Å². The summed E-state index contributed by atoms with van der Waals surface area (Å²) in [4.78, 5) is 14.3. The minimum absolute atomic E-state index is 0.499. The molecule has 0 radical (unpaired) electrons. The zero-order valence-electron chi connectivity index (χ0n) is 14.6. The van der Waals surface area contributed by atoms with Crippen LogP contribution in [-0.4, -0.2) is 13.1 Å². The van der Waals surface area contributed by atoms with Crippen LogP contribution in [0.15, 0.2) is 81.4 Å². The molecule has 142 valence electrons. The Kier molecular flexibility index (Phi) is 4.55. The fourth-order valence-electron chi connectivity index (χ4n) is 3.07. The number of fused-ring (bicyclic) bond motifs is 2. The number of carbonyl (C=O) groups excluding carboxylic acids is 1. The summed E-state index contributed by atoms with van der Waals surface area (Å²) in [6, 6.07) is 18.4. The summed E-state index contributed by atoms with van der Waals surface area (Å²) in [7, 11) is 0.344. The summed E-state index contributed by atoms with van der Waals surface area (Å²) in [6.07, 6.45) is -4.66. The number of methoxy groups -OCH3 is 1. The second-order valence-electron chi connectivity index (χ2n) is 6.00. The van der Waals surface area contributed by atoms with Crippen molar-refractivity contribution in [1.82, 2.24) is 0 Å². The highest BCUT2D eigenvalue weighted by Crippen LogP contribution is 2.47. The highest BCUT2D eigenvalue weighted by molar-refractivity contribution is 7.97. The lowest BCUT2D eigenvalue weighted by Crippen LogP contribution is -2.17. The maximum atomic E-state index is 13.4. The van der Waals surface area contributed by atoms with Crippen molar-refractivity contribution in [1.29, 1.82) is 0 Å². The van der Waals surface area contributed by atoms with Crippen molar-refractivity contribution in [3.8, 4) is 11.5 Å². The van der Waals surface area contributed by atoms with Gasteiger partial charge in [0.1, 0.15) is 10.9 Å². The number of benzene rings is 3. The van der Waals surface area contributed by atoms with Crippen molar-refractivity contribution in [2.45, 2.75) is 20.9 Å². The van der Waals surface area contributed by atoms with Gasteiger partial charge >= 0.3 is 12.1 Å². The Morgan fingerprint density at radius 2 is 1.50 bits per heavy atom. The van der Waals surface area contributed by atoms with Gasteiger partial charge < -0.3 is 9.47 Å². The van der Waals surface area contributed by atoms with Crippen LogP contribution in [0.25, 0.3) is 0 Å². The average molecular weight is 403 g/mol. The van der Waals surface area contributed by atoms with Gasteiger partial charge in [0.15, 0.2) is 16.4 Å². The van der Waals surface area contributed by atoms with Crippen LogP contribution >= 0.6 is 0 Å². The van der Waals surface area contributed by atoms with Crippen LogP contribution in [0.2, 0.25) is 0 Å². The Hall–Kier alpha value is -2.93. The lowest BCUT2D eigenvalue weighted by Gasteiger charge is -2.20. The maximum Gasteiger partial charge on any atom is 0.417 e. The summed E-state index contributed by atoms with van der Waals surface area (Å²) < 4.78 is 50.6. The molecule has 0 saturated carbocycles. The monoisotopic (exact) mass is 403 g/mol. The molecule has 0 bridgehead atoms. The van der Waals surface area contributed by atoms with Crippen molar-refractivity contribution in [2.75, 3.05) is 7.11 Å². The Balaban J connectivity index is 1.94. The third kappa shape index (κ3) is 3.11. The molecule has 1 heterocycles. The Morgan fingerprint density at radius 1 is 0.929 bits per heavy atom. The smallest absolute Gasteiger partial charge is 0.417 e. The first-order valence-electron chi connectivity index (χ1n) is 8.30. The Labute approximate surface area is 162 Å². The van der Waals surface area contributed by atoms with Gasteiger partial charge in [-0.25, -0.2) is 4.79 Å². The van der Waals surface area contributed by atoms with Crippen molar-refractivity contribution in [3.63, 3.8) is 0 Å². The van der Waals surface area contributed by atoms with E-state index < -0.39 is 34.2 Å². The molecular formula is C21H14F3O3S+. The number of carbonyl (C=O) groups is 1. The molecule has 0 atom stereocenters. The van der Waals surface area contributed by atoms with Crippen molar-refractivity contribution >= 4 is 16.9 Å². The molecule has 3 aromatic rings. The third-order valence-electron chi connectivity index (χ3n) is 4.30. The molecule has 1 aliphatic rings. The van der Waals surface area contributed by atoms with Crippen LogP contribution in [0.3, 0.4) is 0 Å². The third-order valence-corrected chi connectivity index (χ3v) is 6.58. The Bertz CT molecular complexity index is 1020. The number of halogens is 3. The second kappa shape index (κ2) is 6.91. The molecule has 28 heavy (non-hydrogen) atoms. The van der Waals surface area contributed by atoms with Crippen LogP contribution in [-0.2, 0) is 21.8 Å². The summed E-state index contributed by atoms with van der Waals surface area (Å²) >= 11 is 0. The van der Waals surface area contributed by atoms with E-state index in [1.165, 1.54) is 12.1 Å². The van der Waals surface area contributed by atoms with E-state index in [0.29, 0.717) is 16.4 Å². The SMILES string of the molecule is COC(=O)c1cc([S+]2c3ccccc3Oc3ccccc32)ccc1C(F)(F)F. The zero-order valence-corrected chi connectivity index (χ0v) is 15.4. The molecule has 0 aliphatic carbocycles. The number of ether oxygens (including phenoxy) is 2. The molecule has 7 heteroatoms. The second-order valence-corrected chi connectivity index (χ2v) is 7.96. The average Bonchev–Trinajstić information content (AvgIpc) is 2.70. The van der Waals surface area contributed by atoms with Crippen LogP contribution < -0.4 is 4.74 Å². The molecule has 0 N–H and O–H groups in total. The van der Waals surface area contributed by atoms with E-state index in [2.05, 4.69) is 4.74 Å². The highest BCUT2D eigenvalue weighted by Gasteiger charge is 2.42. The van der Waals surface area contributed by atoms with Crippen LogP contribution in [0, 0.1) is 0 Å². The Morgan fingerprint density at radius 3 is 2.04 bits per heavy atom. The van der Waals surface area contributed by atoms with E-state index in [0.717, 1.165) is 23.0 Å². The molecule has 4 rings (SSSR count). The number of hydrogen-bond acceptors (Lipinski definition) is 3. The first-order valence-corrected chi connectivity index (χ1v) is 9.52. The molecule has 0 aromatic heterocycles. The van der Waals surface area contributed by atoms with Gasteiger partial charge in [0.2, 0.25) is 9.79 Å². The lowest BCUT2D eigenvalue weighted by atomic mass is 10.1. The fourth-order valence-corrected chi connectivity index (χ4v) is 5.31. The van der Waals surface area contributed by atoms with E-state index in [1.54, 1.807) is 0 Å². The largest absolute Gasteiger partial charge is 0.465 e. The van der Waals surface area contributed by atoms with E-state index >= 15 is 0 Å². The minimum Gasteiger partial charge on any atom is -0.465 e. The van der Waals surface area contributed by atoms with Gasteiger partial charge in [-0.1, -0.05) is 24.3 Å². The molecule has 3 aromatic carbocycles. The first-order chi connectivity index (χ1) is 13.4. The molecule has 0 saturated heterocycles. The molecule has 0 spiro atoms. The highest BCUT2D eigenvalue weighted by atomic mass is 32.2. The standard InChI is InChI=1S/C21H14F3O3S/c1-26-20(25)14-12-13(10-11-15(14)21(22,23)24)28-18-8-4-2-6-16(18)27-17-7-3-5-9-19(17)28/h2-12H,1H3/q+1. The lowest BCUT2D eigenvalue weighted by molar-refractivity contribution is -0.138. The van der Waals surface area contributed by atoms with Gasteiger partial charge in [-0.3, -0.25) is 0 Å². The number of hydrogen-bond donors (Lipinski definition) is 0. The number of alkyl halides is 3. The van der Waals surface area contributed by atoms with E-state index in [1.807, 2.05) is 48.5 Å². The van der Waals surface area contributed by atoms with E-state index in [9.17, 15) is 18.0 Å². The zero-order chi connectivity index (χ0) is 19.9. The number of rotatable bonds is 2. The van der Waals surface area contributed by atoms with Crippen LogP contribution in [0.1, 0.15) is 15.9 Å². The maximum absolute atomic E-state index is 13.4. The van der Waals surface area contributed by atoms with Gasteiger partial charge in [0.25, 0.3) is 0 Å². The molecule has 0 fully saturated rings. The quantitative estimate of drug-likeness (QED) is 0.318. The number of para-hydroxylation sites is 2. The summed E-state index contributed by atoms with van der Waals surface area (Å²) in [5, 5.41) is 0. The van der Waals surface area contributed by atoms with Crippen molar-refractivity contribution < 1.29 is 27.4 Å². The fraction of sp³-hybridized carbons (Fsp3) is 0.0952. The molecule has 1 aliphatic heterocycles. The van der Waals surface area contributed by atoms with Crippen molar-refractivity contribution in [2.24, 2.45) is 0 Å². The van der Waals surface area contributed by atoms with Gasteiger partial charge in [-0.05, 0) is 36.4 Å². The van der Waals surface area contributed by atoms with Crippen LogP contribution in [0.4, 0.5) is 13.2 Å². The first kappa shape index (κ1) is 18.4. The van der Waals surface area contributed by atoms with Crippen LogP contribution in [0.5, 0.6) is 11.5 Å². The number of esters is 1. The predicted octanol–water partition coefficient (Wildman–Crippen LogP) is 5.69. The van der Waals surface area contributed by atoms with Gasteiger partial charge in [0, 0.05) is 6.07 Å². The van der Waals surface area contributed by atoms with Gasteiger partial charge in [-0.2, -0.15) is 13.2 Å². The normalized spacial score (nSPS) is 13.3. The molecular weight excluding hydrogens is 389 g/mol. The minimum atomic E-state index is -4.66. The van der Waals surface area contributed by atoms with Gasteiger partial charge in [-0.15, -0.1) is 0 Å². The summed E-state index contributed by atoms with van der Waals surface area (Å²) in [6.45, 7) is 0. The molecule has 0 unspecified atom stereocenters. The molecule has 0 amide bonds. The van der Waals surface area contributed by atoms with Crippen molar-refractivity contribution in [3.05, 3.63) is 77.9 Å². The van der Waals surface area contributed by atoms with Gasteiger partial charge in [0.05, 0.1) is 18.2 Å². The van der Waals surface area contributed by atoms with E-state index in [4.69, 9.17) is 4.74 Å².